The van der Waals surface area contributed by atoms with E-state index in [1.165, 1.54) is 16.8 Å². The number of ether oxygens (including phenoxy) is 1. The van der Waals surface area contributed by atoms with E-state index >= 15 is 0 Å². The van der Waals surface area contributed by atoms with E-state index in [2.05, 4.69) is 4.98 Å². The minimum atomic E-state index is -4.51. The highest BCUT2D eigenvalue weighted by molar-refractivity contribution is 5.87. The fourth-order valence-electron chi connectivity index (χ4n) is 3.36. The molecule has 0 unspecified atom stereocenters. The zero-order valence-corrected chi connectivity index (χ0v) is 16.2. The van der Waals surface area contributed by atoms with Crippen LogP contribution in [0.3, 0.4) is 0 Å². The molecule has 0 N–H and O–H groups in total. The Hall–Kier alpha value is -2.52. The second kappa shape index (κ2) is 6.82. The molecule has 0 bridgehead atoms. The molecule has 0 aliphatic carbocycles. The van der Waals surface area contributed by atoms with E-state index in [1.807, 2.05) is 0 Å². The molecule has 10 heteroatoms. The standard InChI is InChI=1S/C18H23F3N4O3/c1-17(2,3)28-16(27)24-5-6-25-13(10-24)15(26)23(4)9-11-7-12(18(19,20)21)8-22-14(11)25/h7-8,13H,5-6,9-10H2,1-4H3/t13-/m1/s1. The molecule has 2 aliphatic heterocycles. The van der Waals surface area contributed by atoms with Crippen LogP contribution in [-0.4, -0.2) is 65.1 Å². The average Bonchev–Trinajstić information content (AvgIpc) is 2.67. The number of amides is 2. The number of likely N-dealkylation sites (N-methyl/N-ethyl adjacent to an activating group) is 1. The fraction of sp³-hybridized carbons (Fsp3) is 0.611. The molecule has 2 aliphatic rings. The Bertz CT molecular complexity index is 791. The van der Waals surface area contributed by atoms with Gasteiger partial charge in [0.1, 0.15) is 17.5 Å². The van der Waals surface area contributed by atoms with Crippen molar-refractivity contribution in [2.75, 3.05) is 31.6 Å². The average molecular weight is 400 g/mol. The Labute approximate surface area is 161 Å². The third-order valence-electron chi connectivity index (χ3n) is 4.64. The van der Waals surface area contributed by atoms with Gasteiger partial charge in [-0.2, -0.15) is 13.2 Å². The van der Waals surface area contributed by atoms with Crippen molar-refractivity contribution in [1.82, 2.24) is 14.8 Å². The second-order valence-electron chi connectivity index (χ2n) is 8.03. The van der Waals surface area contributed by atoms with Crippen LogP contribution in [0.15, 0.2) is 12.3 Å². The number of nitrogens with zero attached hydrogens (tertiary/aromatic N) is 4. The summed E-state index contributed by atoms with van der Waals surface area (Å²) < 4.78 is 44.5. The third kappa shape index (κ3) is 4.00. The number of aromatic nitrogens is 1. The summed E-state index contributed by atoms with van der Waals surface area (Å²) in [4.78, 5) is 33.7. The summed E-state index contributed by atoms with van der Waals surface area (Å²) in [6.07, 6.45) is -4.25. The number of alkyl halides is 3. The maximum atomic E-state index is 13.0. The first kappa shape index (κ1) is 20.2. The molecule has 1 atom stereocenters. The van der Waals surface area contributed by atoms with E-state index in [-0.39, 0.29) is 32.1 Å². The first-order chi connectivity index (χ1) is 12.9. The predicted octanol–water partition coefficient (Wildman–Crippen LogP) is 2.50. The van der Waals surface area contributed by atoms with Gasteiger partial charge in [0.15, 0.2) is 0 Å². The summed E-state index contributed by atoms with van der Waals surface area (Å²) in [5.41, 5.74) is -1.18. The van der Waals surface area contributed by atoms with Gasteiger partial charge in [-0.25, -0.2) is 9.78 Å². The Morgan fingerprint density at radius 2 is 1.93 bits per heavy atom. The summed E-state index contributed by atoms with van der Waals surface area (Å²) in [6, 6.07) is 0.311. The molecule has 154 valence electrons. The van der Waals surface area contributed by atoms with Gasteiger partial charge in [-0.1, -0.05) is 0 Å². The molecule has 2 amide bonds. The Kier molecular flexibility index (Phi) is 4.93. The number of pyridine rings is 1. The van der Waals surface area contributed by atoms with Gasteiger partial charge in [0.25, 0.3) is 0 Å². The zero-order chi connectivity index (χ0) is 20.9. The topological polar surface area (TPSA) is 66.0 Å². The molecule has 1 saturated heterocycles. The van der Waals surface area contributed by atoms with E-state index in [9.17, 15) is 22.8 Å². The molecule has 3 rings (SSSR count). The lowest BCUT2D eigenvalue weighted by Crippen LogP contribution is -2.60. The first-order valence-corrected chi connectivity index (χ1v) is 8.92. The Balaban J connectivity index is 1.90. The zero-order valence-electron chi connectivity index (χ0n) is 16.2. The summed E-state index contributed by atoms with van der Waals surface area (Å²) >= 11 is 0. The van der Waals surface area contributed by atoms with Crippen molar-refractivity contribution in [2.45, 2.75) is 45.1 Å². The number of fused-ring (bicyclic) bond motifs is 3. The third-order valence-corrected chi connectivity index (χ3v) is 4.64. The van der Waals surface area contributed by atoms with Gasteiger partial charge in [0, 0.05) is 38.4 Å². The minimum absolute atomic E-state index is 0.0184. The maximum Gasteiger partial charge on any atom is 0.417 e. The van der Waals surface area contributed by atoms with Crippen molar-refractivity contribution in [3.05, 3.63) is 23.4 Å². The van der Waals surface area contributed by atoms with Crippen LogP contribution in [0.1, 0.15) is 31.9 Å². The molecular formula is C18H23F3N4O3. The van der Waals surface area contributed by atoms with Crippen molar-refractivity contribution in [1.29, 1.82) is 0 Å². The fourth-order valence-corrected chi connectivity index (χ4v) is 3.36. The quantitative estimate of drug-likeness (QED) is 0.670. The molecule has 1 aromatic rings. The van der Waals surface area contributed by atoms with Crippen LogP contribution in [0.2, 0.25) is 0 Å². The summed E-state index contributed by atoms with van der Waals surface area (Å²) in [5, 5.41) is 0. The van der Waals surface area contributed by atoms with Crippen LogP contribution >= 0.6 is 0 Å². The number of hydrogen-bond donors (Lipinski definition) is 0. The highest BCUT2D eigenvalue weighted by atomic mass is 19.4. The van der Waals surface area contributed by atoms with E-state index in [1.54, 1.807) is 25.7 Å². The van der Waals surface area contributed by atoms with Crippen LogP contribution in [0, 0.1) is 0 Å². The number of halogens is 3. The maximum absolute atomic E-state index is 13.0. The number of piperazine rings is 1. The van der Waals surface area contributed by atoms with Crippen LogP contribution in [0.4, 0.5) is 23.8 Å². The predicted molar refractivity (Wildman–Crippen MR) is 94.7 cm³/mol. The van der Waals surface area contributed by atoms with Gasteiger partial charge < -0.3 is 19.4 Å². The number of anilines is 1. The van der Waals surface area contributed by atoms with Gasteiger partial charge in [-0.3, -0.25) is 4.79 Å². The molecular weight excluding hydrogens is 377 g/mol. The van der Waals surface area contributed by atoms with Gasteiger partial charge in [-0.05, 0) is 26.8 Å². The molecule has 0 radical (unpaired) electrons. The summed E-state index contributed by atoms with van der Waals surface area (Å²) in [5.74, 6) is 0.0688. The van der Waals surface area contributed by atoms with E-state index in [4.69, 9.17) is 4.74 Å². The monoisotopic (exact) mass is 400 g/mol. The Morgan fingerprint density at radius 1 is 1.25 bits per heavy atom. The largest absolute Gasteiger partial charge is 0.444 e. The molecule has 7 nitrogen and oxygen atoms in total. The molecule has 0 saturated carbocycles. The number of carbonyl (C=O) groups is 2. The SMILES string of the molecule is CN1Cc2cc(C(F)(F)F)cnc2N2CCN(C(=O)OC(C)(C)C)C[C@@H]2C1=O. The highest BCUT2D eigenvalue weighted by Gasteiger charge is 2.41. The number of rotatable bonds is 0. The van der Waals surface area contributed by atoms with Gasteiger partial charge in [-0.15, -0.1) is 0 Å². The van der Waals surface area contributed by atoms with Crippen molar-refractivity contribution in [2.24, 2.45) is 0 Å². The van der Waals surface area contributed by atoms with E-state index in [0.717, 1.165) is 12.3 Å². The molecule has 1 aromatic heterocycles. The lowest BCUT2D eigenvalue weighted by molar-refractivity contribution is -0.137. The van der Waals surface area contributed by atoms with Gasteiger partial charge in [0.2, 0.25) is 5.91 Å². The molecule has 1 fully saturated rings. The van der Waals surface area contributed by atoms with Crippen molar-refractivity contribution >= 4 is 17.8 Å². The van der Waals surface area contributed by atoms with Crippen LogP contribution in [0.5, 0.6) is 0 Å². The van der Waals surface area contributed by atoms with Crippen molar-refractivity contribution in [3.8, 4) is 0 Å². The van der Waals surface area contributed by atoms with Crippen molar-refractivity contribution in [3.63, 3.8) is 0 Å². The van der Waals surface area contributed by atoms with Crippen LogP contribution in [0.25, 0.3) is 0 Å². The smallest absolute Gasteiger partial charge is 0.417 e. The molecule has 28 heavy (non-hydrogen) atoms. The minimum Gasteiger partial charge on any atom is -0.444 e. The van der Waals surface area contributed by atoms with E-state index in [0.29, 0.717) is 11.4 Å². The lowest BCUT2D eigenvalue weighted by atomic mass is 10.1. The Morgan fingerprint density at radius 3 is 2.54 bits per heavy atom. The normalized spacial score (nSPS) is 20.5. The summed E-state index contributed by atoms with van der Waals surface area (Å²) in [7, 11) is 1.53. The van der Waals surface area contributed by atoms with Crippen LogP contribution in [-0.2, 0) is 22.3 Å². The highest BCUT2D eigenvalue weighted by Crippen LogP contribution is 2.34. The number of carbonyl (C=O) groups excluding carboxylic acids is 2. The lowest BCUT2D eigenvalue weighted by Gasteiger charge is -2.41. The number of hydrogen-bond acceptors (Lipinski definition) is 5. The molecule has 0 spiro atoms. The van der Waals surface area contributed by atoms with Gasteiger partial charge in [0.05, 0.1) is 12.1 Å². The molecule has 0 aromatic carbocycles. The van der Waals surface area contributed by atoms with E-state index < -0.39 is 29.5 Å². The first-order valence-electron chi connectivity index (χ1n) is 8.92. The van der Waals surface area contributed by atoms with Crippen LogP contribution < -0.4 is 4.90 Å². The van der Waals surface area contributed by atoms with Gasteiger partial charge >= 0.3 is 12.3 Å². The second-order valence-corrected chi connectivity index (χ2v) is 8.03. The van der Waals surface area contributed by atoms with Crippen molar-refractivity contribution < 1.29 is 27.5 Å². The molecule has 3 heterocycles. The summed E-state index contributed by atoms with van der Waals surface area (Å²) in [6.45, 7) is 5.92.